The van der Waals surface area contributed by atoms with Gasteiger partial charge >= 0.3 is 0 Å². The maximum atomic E-state index is 12.4. The van der Waals surface area contributed by atoms with E-state index in [4.69, 9.17) is 11.0 Å². The number of hydrogen-bond acceptors (Lipinski definition) is 9. The van der Waals surface area contributed by atoms with Gasteiger partial charge in [-0.05, 0) is 12.5 Å². The van der Waals surface area contributed by atoms with E-state index >= 15 is 0 Å². The zero-order chi connectivity index (χ0) is 25.6. The number of aliphatic hydroxyl groups excluding tert-OH is 1. The highest BCUT2D eigenvalue weighted by molar-refractivity contribution is 6.03. The van der Waals surface area contributed by atoms with E-state index in [0.29, 0.717) is 48.8 Å². The van der Waals surface area contributed by atoms with E-state index in [1.54, 1.807) is 23.0 Å². The van der Waals surface area contributed by atoms with E-state index in [-0.39, 0.29) is 28.6 Å². The highest BCUT2D eigenvalue weighted by Gasteiger charge is 2.38. The highest BCUT2D eigenvalue weighted by atomic mass is 16.3. The molecular formula is C24H27N9O3. The van der Waals surface area contributed by atoms with E-state index in [1.807, 2.05) is 6.07 Å². The Hall–Kier alpha value is -4.24. The zero-order valence-electron chi connectivity index (χ0n) is 20.0. The Labute approximate surface area is 207 Å². The molecule has 0 aromatic carbocycles. The predicted octanol–water partition coefficient (Wildman–Crippen LogP) is 0.909. The van der Waals surface area contributed by atoms with Crippen LogP contribution in [0.25, 0.3) is 5.52 Å². The fourth-order valence-corrected chi connectivity index (χ4v) is 4.99. The molecule has 0 spiro atoms. The number of piperidine rings is 1. The van der Waals surface area contributed by atoms with Gasteiger partial charge in [0, 0.05) is 37.5 Å². The van der Waals surface area contributed by atoms with Crippen molar-refractivity contribution in [2.24, 2.45) is 11.1 Å². The van der Waals surface area contributed by atoms with Gasteiger partial charge in [0.05, 0.1) is 47.2 Å². The molecule has 5 heterocycles. The summed E-state index contributed by atoms with van der Waals surface area (Å²) in [5.74, 6) is -0.251. The largest absolute Gasteiger partial charge is 0.383 e. The van der Waals surface area contributed by atoms with Crippen molar-refractivity contribution >= 4 is 34.5 Å². The number of anilines is 3. The third-order valence-electron chi connectivity index (χ3n) is 7.00. The molecule has 2 amide bonds. The second kappa shape index (κ2) is 8.76. The second-order valence-electron chi connectivity index (χ2n) is 9.89. The van der Waals surface area contributed by atoms with Crippen LogP contribution >= 0.6 is 0 Å². The standard InChI is InChI=1S/C24H27N9O3/c1-24(2)13-31(20-11-27-14(8-25)9-28-20)5-4-19(24)30-21-16(22(26)35)10-29-33-12-15(7-17(21)33)32-6-3-18(34)23(32)36/h7,9-12,18-19,30,34H,3-6,13H2,1-2H3,(H2,26,35)/t18-,19+/m0/s1. The van der Waals surface area contributed by atoms with Crippen molar-refractivity contribution in [3.8, 4) is 6.07 Å². The van der Waals surface area contributed by atoms with E-state index in [0.717, 1.165) is 6.42 Å². The fourth-order valence-electron chi connectivity index (χ4n) is 4.99. The van der Waals surface area contributed by atoms with Gasteiger partial charge in [-0.2, -0.15) is 10.4 Å². The monoisotopic (exact) mass is 489 g/mol. The summed E-state index contributed by atoms with van der Waals surface area (Å²) in [6, 6.07) is 3.75. The molecule has 2 aliphatic rings. The fraction of sp³-hybridized carbons (Fsp3) is 0.417. The SMILES string of the molecule is CC1(C)CN(c2cnc(C#N)cn2)CC[C@H]1Nc1c(C(N)=O)cnn2cc(N3CC[C@H](O)C3=O)cc12. The summed E-state index contributed by atoms with van der Waals surface area (Å²) < 4.78 is 1.61. The number of carbonyl (C=O) groups excluding carboxylic acids is 2. The molecule has 3 aromatic heterocycles. The van der Waals surface area contributed by atoms with Crippen molar-refractivity contribution in [1.29, 1.82) is 5.26 Å². The van der Waals surface area contributed by atoms with Crippen LogP contribution in [0.2, 0.25) is 0 Å². The summed E-state index contributed by atoms with van der Waals surface area (Å²) in [6.45, 7) is 6.03. The smallest absolute Gasteiger partial charge is 0.255 e. The maximum absolute atomic E-state index is 12.4. The number of fused-ring (bicyclic) bond motifs is 1. The summed E-state index contributed by atoms with van der Waals surface area (Å²) in [5.41, 5.74) is 7.76. The molecule has 2 aliphatic heterocycles. The zero-order valence-corrected chi connectivity index (χ0v) is 20.0. The minimum Gasteiger partial charge on any atom is -0.383 e. The van der Waals surface area contributed by atoms with Crippen LogP contribution in [-0.2, 0) is 4.79 Å². The number of primary amides is 1. The summed E-state index contributed by atoms with van der Waals surface area (Å²) in [6.07, 6.45) is 6.31. The average Bonchev–Trinajstić information content (AvgIpc) is 3.43. The van der Waals surface area contributed by atoms with Gasteiger partial charge in [-0.15, -0.1) is 0 Å². The van der Waals surface area contributed by atoms with Crippen LogP contribution in [0, 0.1) is 16.7 Å². The first-order chi connectivity index (χ1) is 17.2. The summed E-state index contributed by atoms with van der Waals surface area (Å²) in [5, 5.41) is 26.7. The molecule has 0 unspecified atom stereocenters. The Bertz CT molecular complexity index is 1380. The van der Waals surface area contributed by atoms with Gasteiger partial charge in [-0.1, -0.05) is 13.8 Å². The van der Waals surface area contributed by atoms with Crippen molar-refractivity contribution in [2.75, 3.05) is 34.8 Å². The molecule has 2 atom stereocenters. The van der Waals surface area contributed by atoms with Crippen LogP contribution in [0.1, 0.15) is 42.7 Å². The summed E-state index contributed by atoms with van der Waals surface area (Å²) in [7, 11) is 0. The number of amides is 2. The molecule has 0 radical (unpaired) electrons. The lowest BCUT2D eigenvalue weighted by Gasteiger charge is -2.45. The topological polar surface area (TPSA) is 166 Å². The molecule has 2 fully saturated rings. The third kappa shape index (κ3) is 4.07. The molecule has 4 N–H and O–H groups in total. The van der Waals surface area contributed by atoms with Gasteiger partial charge in [0.1, 0.15) is 18.0 Å². The third-order valence-corrected chi connectivity index (χ3v) is 7.00. The predicted molar refractivity (Wildman–Crippen MR) is 131 cm³/mol. The van der Waals surface area contributed by atoms with Crippen LogP contribution < -0.4 is 20.9 Å². The van der Waals surface area contributed by atoms with Crippen LogP contribution in [0.4, 0.5) is 17.2 Å². The number of nitrogens with two attached hydrogens (primary N) is 1. The van der Waals surface area contributed by atoms with Crippen molar-refractivity contribution in [1.82, 2.24) is 19.6 Å². The van der Waals surface area contributed by atoms with Crippen molar-refractivity contribution in [2.45, 2.75) is 38.8 Å². The first-order valence-electron chi connectivity index (χ1n) is 11.7. The number of rotatable bonds is 5. The van der Waals surface area contributed by atoms with Crippen LogP contribution in [0.15, 0.2) is 30.9 Å². The lowest BCUT2D eigenvalue weighted by molar-refractivity contribution is -0.123. The normalized spacial score (nSPS) is 21.6. The first kappa shape index (κ1) is 23.5. The molecule has 2 saturated heterocycles. The molecule has 36 heavy (non-hydrogen) atoms. The Balaban J connectivity index is 1.44. The molecule has 186 valence electrons. The van der Waals surface area contributed by atoms with Gasteiger partial charge in [0.2, 0.25) is 0 Å². The van der Waals surface area contributed by atoms with Gasteiger partial charge in [-0.3, -0.25) is 9.59 Å². The van der Waals surface area contributed by atoms with E-state index in [2.05, 4.69) is 39.1 Å². The minimum absolute atomic E-state index is 0.0158. The van der Waals surface area contributed by atoms with Gasteiger partial charge in [-0.25, -0.2) is 14.5 Å². The quantitative estimate of drug-likeness (QED) is 0.472. The molecule has 0 bridgehead atoms. The Morgan fingerprint density at radius 1 is 1.25 bits per heavy atom. The number of aromatic nitrogens is 4. The number of carbonyl (C=O) groups is 2. The Morgan fingerprint density at radius 2 is 2.06 bits per heavy atom. The summed E-state index contributed by atoms with van der Waals surface area (Å²) >= 11 is 0. The molecular weight excluding hydrogens is 462 g/mol. The maximum Gasteiger partial charge on any atom is 0.255 e. The number of nitrogens with one attached hydrogen (secondary N) is 1. The Kier molecular flexibility index (Phi) is 5.72. The second-order valence-corrected chi connectivity index (χ2v) is 9.89. The van der Waals surface area contributed by atoms with Gasteiger partial charge < -0.3 is 26.0 Å². The summed E-state index contributed by atoms with van der Waals surface area (Å²) in [4.78, 5) is 36.8. The lowest BCUT2D eigenvalue weighted by atomic mass is 9.79. The van der Waals surface area contributed by atoms with E-state index in [1.165, 1.54) is 17.3 Å². The van der Waals surface area contributed by atoms with E-state index < -0.39 is 12.0 Å². The van der Waals surface area contributed by atoms with Crippen LogP contribution in [0.5, 0.6) is 0 Å². The molecule has 12 nitrogen and oxygen atoms in total. The number of hydrogen-bond donors (Lipinski definition) is 3. The number of nitrogens with zero attached hydrogens (tertiary/aromatic N) is 7. The minimum atomic E-state index is -1.01. The average molecular weight is 490 g/mol. The van der Waals surface area contributed by atoms with Gasteiger partial charge in [0.25, 0.3) is 11.8 Å². The van der Waals surface area contributed by atoms with Crippen LogP contribution in [-0.4, -0.2) is 68.3 Å². The van der Waals surface area contributed by atoms with Crippen LogP contribution in [0.3, 0.4) is 0 Å². The lowest BCUT2D eigenvalue weighted by Crippen LogP contribution is -2.52. The molecule has 0 aliphatic carbocycles. The molecule has 3 aromatic rings. The molecule has 0 saturated carbocycles. The van der Waals surface area contributed by atoms with E-state index in [9.17, 15) is 14.7 Å². The number of aliphatic hydroxyl groups is 1. The van der Waals surface area contributed by atoms with Crippen molar-refractivity contribution < 1.29 is 14.7 Å². The van der Waals surface area contributed by atoms with Gasteiger partial charge in [0.15, 0.2) is 5.69 Å². The first-order valence-corrected chi connectivity index (χ1v) is 11.7. The molecule has 5 rings (SSSR count). The molecule has 12 heteroatoms. The highest BCUT2D eigenvalue weighted by Crippen LogP contribution is 2.36. The number of nitriles is 1. The van der Waals surface area contributed by atoms with Crippen molar-refractivity contribution in [3.63, 3.8) is 0 Å². The van der Waals surface area contributed by atoms with Crippen molar-refractivity contribution in [3.05, 3.63) is 42.1 Å². The Morgan fingerprint density at radius 3 is 2.67 bits per heavy atom.